The molecule has 0 saturated carbocycles. The van der Waals surface area contributed by atoms with Gasteiger partial charge in [-0.2, -0.15) is 0 Å². The van der Waals surface area contributed by atoms with Crippen LogP contribution in [0.3, 0.4) is 0 Å². The van der Waals surface area contributed by atoms with Gasteiger partial charge in [0, 0.05) is 44.3 Å². The van der Waals surface area contributed by atoms with Crippen molar-refractivity contribution in [3.63, 3.8) is 0 Å². The SMILES string of the molecule is CC(=O)N1CCC[C@H](Cc2nccnc2-c2ncc(C)[nH]2)C1. The van der Waals surface area contributed by atoms with E-state index in [0.29, 0.717) is 5.92 Å². The molecule has 2 aromatic heterocycles. The van der Waals surface area contributed by atoms with Crippen molar-refractivity contribution in [2.24, 2.45) is 5.92 Å². The number of hydrogen-bond donors (Lipinski definition) is 1. The van der Waals surface area contributed by atoms with Crippen LogP contribution in [0, 0.1) is 12.8 Å². The zero-order valence-electron chi connectivity index (χ0n) is 13.0. The van der Waals surface area contributed by atoms with Crippen LogP contribution in [0.4, 0.5) is 0 Å². The number of piperidine rings is 1. The molecule has 0 aliphatic carbocycles. The van der Waals surface area contributed by atoms with Gasteiger partial charge in [-0.15, -0.1) is 0 Å². The lowest BCUT2D eigenvalue weighted by Gasteiger charge is -2.32. The Morgan fingerprint density at radius 1 is 1.36 bits per heavy atom. The zero-order valence-corrected chi connectivity index (χ0v) is 13.0. The van der Waals surface area contributed by atoms with Crippen molar-refractivity contribution >= 4 is 5.91 Å². The molecule has 1 aliphatic heterocycles. The van der Waals surface area contributed by atoms with E-state index in [1.54, 1.807) is 25.5 Å². The zero-order chi connectivity index (χ0) is 15.5. The first-order valence-electron chi connectivity index (χ1n) is 7.71. The van der Waals surface area contributed by atoms with Gasteiger partial charge in [0.05, 0.1) is 5.69 Å². The molecule has 1 fully saturated rings. The first kappa shape index (κ1) is 14.7. The Morgan fingerprint density at radius 3 is 2.91 bits per heavy atom. The van der Waals surface area contributed by atoms with E-state index in [1.165, 1.54) is 0 Å². The van der Waals surface area contributed by atoms with Crippen LogP contribution >= 0.6 is 0 Å². The number of aromatic amines is 1. The highest BCUT2D eigenvalue weighted by atomic mass is 16.2. The molecule has 0 spiro atoms. The molecule has 2 aromatic rings. The summed E-state index contributed by atoms with van der Waals surface area (Å²) in [6.07, 6.45) is 8.22. The number of carbonyl (C=O) groups is 1. The third kappa shape index (κ3) is 3.16. The van der Waals surface area contributed by atoms with Gasteiger partial charge in [-0.05, 0) is 32.1 Å². The first-order chi connectivity index (χ1) is 10.6. The lowest BCUT2D eigenvalue weighted by molar-refractivity contribution is -0.130. The molecule has 0 unspecified atom stereocenters. The minimum absolute atomic E-state index is 0.158. The van der Waals surface area contributed by atoms with Crippen LogP contribution in [0.1, 0.15) is 31.2 Å². The molecule has 3 rings (SSSR count). The van der Waals surface area contributed by atoms with E-state index in [-0.39, 0.29) is 5.91 Å². The van der Waals surface area contributed by atoms with Gasteiger partial charge in [0.25, 0.3) is 0 Å². The minimum Gasteiger partial charge on any atom is -0.343 e. The molecule has 0 aromatic carbocycles. The predicted octanol–water partition coefficient (Wildman–Crippen LogP) is 1.98. The molecule has 1 atom stereocenters. The van der Waals surface area contributed by atoms with Crippen LogP contribution in [0.15, 0.2) is 18.6 Å². The molecule has 1 saturated heterocycles. The quantitative estimate of drug-likeness (QED) is 0.940. The van der Waals surface area contributed by atoms with Crippen LogP contribution in [-0.4, -0.2) is 43.8 Å². The number of nitrogens with zero attached hydrogens (tertiary/aromatic N) is 4. The Morgan fingerprint density at radius 2 is 2.18 bits per heavy atom. The maximum Gasteiger partial charge on any atom is 0.219 e. The number of H-pyrrole nitrogens is 1. The summed E-state index contributed by atoms with van der Waals surface area (Å²) in [5.74, 6) is 1.36. The molecule has 0 radical (unpaired) electrons. The van der Waals surface area contributed by atoms with Gasteiger partial charge in [0.15, 0.2) is 5.82 Å². The largest absolute Gasteiger partial charge is 0.343 e. The van der Waals surface area contributed by atoms with Crippen molar-refractivity contribution in [1.82, 2.24) is 24.8 Å². The van der Waals surface area contributed by atoms with Crippen LogP contribution in [0.2, 0.25) is 0 Å². The number of imidazole rings is 1. The Kier molecular flexibility index (Phi) is 4.18. The number of rotatable bonds is 3. The molecular weight excluding hydrogens is 278 g/mol. The lowest BCUT2D eigenvalue weighted by atomic mass is 9.92. The van der Waals surface area contributed by atoms with Crippen LogP contribution in [0.5, 0.6) is 0 Å². The maximum atomic E-state index is 11.6. The first-order valence-corrected chi connectivity index (χ1v) is 7.71. The number of aryl methyl sites for hydroxylation is 1. The van der Waals surface area contributed by atoms with Crippen molar-refractivity contribution in [3.8, 4) is 11.5 Å². The van der Waals surface area contributed by atoms with E-state index in [2.05, 4.69) is 19.9 Å². The van der Waals surface area contributed by atoms with Crippen molar-refractivity contribution in [2.75, 3.05) is 13.1 Å². The summed E-state index contributed by atoms with van der Waals surface area (Å²) in [4.78, 5) is 30.0. The average Bonchev–Trinajstić information content (AvgIpc) is 2.94. The fourth-order valence-corrected chi connectivity index (χ4v) is 3.04. The smallest absolute Gasteiger partial charge is 0.219 e. The second-order valence-corrected chi connectivity index (χ2v) is 5.94. The highest BCUT2D eigenvalue weighted by molar-refractivity contribution is 5.73. The fraction of sp³-hybridized carbons (Fsp3) is 0.500. The summed E-state index contributed by atoms with van der Waals surface area (Å²) in [6, 6.07) is 0. The minimum atomic E-state index is 0.158. The monoisotopic (exact) mass is 299 g/mol. The molecule has 3 heterocycles. The Labute approximate surface area is 130 Å². The molecular formula is C16H21N5O. The summed E-state index contributed by atoms with van der Waals surface area (Å²) in [5.41, 5.74) is 2.77. The summed E-state index contributed by atoms with van der Waals surface area (Å²) in [5, 5.41) is 0. The van der Waals surface area contributed by atoms with Gasteiger partial charge < -0.3 is 9.88 Å². The molecule has 116 valence electrons. The van der Waals surface area contributed by atoms with Gasteiger partial charge in [0.2, 0.25) is 5.91 Å². The molecule has 22 heavy (non-hydrogen) atoms. The number of aromatic nitrogens is 4. The Balaban J connectivity index is 1.79. The number of carbonyl (C=O) groups excluding carboxylic acids is 1. The van der Waals surface area contributed by atoms with E-state index < -0.39 is 0 Å². The van der Waals surface area contributed by atoms with E-state index >= 15 is 0 Å². The van der Waals surface area contributed by atoms with Gasteiger partial charge in [-0.3, -0.25) is 9.78 Å². The molecule has 1 amide bonds. The normalized spacial score (nSPS) is 18.5. The van der Waals surface area contributed by atoms with Crippen LogP contribution in [0.25, 0.3) is 11.5 Å². The second kappa shape index (κ2) is 6.25. The number of likely N-dealkylation sites (tertiary alicyclic amines) is 1. The molecule has 6 nitrogen and oxygen atoms in total. The summed E-state index contributed by atoms with van der Waals surface area (Å²) >= 11 is 0. The van der Waals surface area contributed by atoms with E-state index in [0.717, 1.165) is 55.3 Å². The van der Waals surface area contributed by atoms with Gasteiger partial charge >= 0.3 is 0 Å². The highest BCUT2D eigenvalue weighted by Gasteiger charge is 2.23. The fourth-order valence-electron chi connectivity index (χ4n) is 3.04. The molecule has 1 N–H and O–H groups in total. The van der Waals surface area contributed by atoms with Gasteiger partial charge in [-0.25, -0.2) is 9.97 Å². The third-order valence-corrected chi connectivity index (χ3v) is 4.15. The summed E-state index contributed by atoms with van der Waals surface area (Å²) < 4.78 is 0. The third-order valence-electron chi connectivity index (χ3n) is 4.15. The standard InChI is InChI=1S/C16H21N5O/c1-11-9-19-16(20-11)15-14(17-5-6-18-15)8-13-4-3-7-21(10-13)12(2)22/h5-6,9,13H,3-4,7-8,10H2,1-2H3,(H,19,20)/t13-/m1/s1. The van der Waals surface area contributed by atoms with Crippen molar-refractivity contribution in [1.29, 1.82) is 0 Å². The second-order valence-electron chi connectivity index (χ2n) is 5.94. The Hall–Kier alpha value is -2.24. The van der Waals surface area contributed by atoms with Gasteiger partial charge in [-0.1, -0.05) is 0 Å². The van der Waals surface area contributed by atoms with Crippen LogP contribution < -0.4 is 0 Å². The number of hydrogen-bond acceptors (Lipinski definition) is 4. The van der Waals surface area contributed by atoms with Gasteiger partial charge in [0.1, 0.15) is 5.69 Å². The van der Waals surface area contributed by atoms with E-state index in [9.17, 15) is 4.79 Å². The maximum absolute atomic E-state index is 11.6. The average molecular weight is 299 g/mol. The predicted molar refractivity (Wildman–Crippen MR) is 83.0 cm³/mol. The number of nitrogens with one attached hydrogen (secondary N) is 1. The van der Waals surface area contributed by atoms with Crippen molar-refractivity contribution in [2.45, 2.75) is 33.1 Å². The van der Waals surface area contributed by atoms with E-state index in [4.69, 9.17) is 0 Å². The van der Waals surface area contributed by atoms with Crippen molar-refractivity contribution in [3.05, 3.63) is 30.0 Å². The summed E-state index contributed by atoms with van der Waals surface area (Å²) in [6.45, 7) is 5.29. The number of amides is 1. The summed E-state index contributed by atoms with van der Waals surface area (Å²) in [7, 11) is 0. The topological polar surface area (TPSA) is 74.8 Å². The van der Waals surface area contributed by atoms with Crippen LogP contribution in [-0.2, 0) is 11.2 Å². The molecule has 1 aliphatic rings. The Bertz CT molecular complexity index is 666. The molecule has 6 heteroatoms. The highest BCUT2D eigenvalue weighted by Crippen LogP contribution is 2.24. The lowest BCUT2D eigenvalue weighted by Crippen LogP contribution is -2.39. The molecule has 0 bridgehead atoms. The van der Waals surface area contributed by atoms with Crippen molar-refractivity contribution < 1.29 is 4.79 Å². The van der Waals surface area contributed by atoms with E-state index in [1.807, 2.05) is 11.8 Å².